The molecule has 1 N–H and O–H groups in total. The molecule has 0 heterocycles. The van der Waals surface area contributed by atoms with Crippen LogP contribution in [-0.2, 0) is 26.2 Å². The first-order chi connectivity index (χ1) is 19.6. The first-order valence-electron chi connectivity index (χ1n) is 14.1. The van der Waals surface area contributed by atoms with Gasteiger partial charge in [-0.3, -0.25) is 13.9 Å². The SMILES string of the molecule is Cc1ccc(S(=O)(=O)N(CC(=O)N(Cc2ccccc2C)[C@H](C)C(=O)NC2CCCCC2)c2ccccc2Cl)cc1. The van der Waals surface area contributed by atoms with Gasteiger partial charge in [0.05, 0.1) is 15.6 Å². The van der Waals surface area contributed by atoms with Crippen molar-refractivity contribution in [3.63, 3.8) is 0 Å². The Bertz CT molecular complexity index is 1470. The molecule has 0 aromatic heterocycles. The minimum atomic E-state index is -4.17. The molecule has 1 fully saturated rings. The maximum absolute atomic E-state index is 14.1. The van der Waals surface area contributed by atoms with Crippen molar-refractivity contribution in [1.29, 1.82) is 0 Å². The van der Waals surface area contributed by atoms with Crippen LogP contribution >= 0.6 is 11.6 Å². The van der Waals surface area contributed by atoms with E-state index in [1.165, 1.54) is 17.0 Å². The third kappa shape index (κ3) is 7.49. The second-order valence-corrected chi connectivity index (χ2v) is 13.0. The molecule has 0 saturated heterocycles. The molecule has 3 aromatic rings. The molecule has 4 rings (SSSR count). The number of amides is 2. The van der Waals surface area contributed by atoms with Crippen LogP contribution in [0.2, 0.25) is 5.02 Å². The fourth-order valence-electron chi connectivity index (χ4n) is 5.13. The summed E-state index contributed by atoms with van der Waals surface area (Å²) < 4.78 is 28.9. The van der Waals surface area contributed by atoms with Crippen molar-refractivity contribution in [3.8, 4) is 0 Å². The van der Waals surface area contributed by atoms with Crippen molar-refractivity contribution >= 4 is 39.1 Å². The van der Waals surface area contributed by atoms with Crippen LogP contribution in [0.1, 0.15) is 55.7 Å². The number of aryl methyl sites for hydroxylation is 2. The molecule has 0 spiro atoms. The number of sulfonamides is 1. The number of carbonyl (C=O) groups excluding carboxylic acids is 2. The lowest BCUT2D eigenvalue weighted by atomic mass is 9.95. The van der Waals surface area contributed by atoms with Crippen molar-refractivity contribution in [2.75, 3.05) is 10.8 Å². The molecule has 1 atom stereocenters. The fraction of sp³-hybridized carbons (Fsp3) is 0.375. The number of benzene rings is 3. The van der Waals surface area contributed by atoms with Crippen molar-refractivity contribution in [2.24, 2.45) is 0 Å². The molecular formula is C32H38ClN3O4S. The quantitative estimate of drug-likeness (QED) is 0.311. The molecule has 0 aliphatic heterocycles. The average molecular weight is 596 g/mol. The average Bonchev–Trinajstić information content (AvgIpc) is 2.96. The van der Waals surface area contributed by atoms with Gasteiger partial charge in [0.1, 0.15) is 12.6 Å². The van der Waals surface area contributed by atoms with Crippen LogP contribution in [0, 0.1) is 13.8 Å². The Kier molecular flexibility index (Phi) is 10.1. The van der Waals surface area contributed by atoms with Gasteiger partial charge in [-0.25, -0.2) is 8.42 Å². The zero-order valence-corrected chi connectivity index (χ0v) is 25.4. The molecular weight excluding hydrogens is 558 g/mol. The van der Waals surface area contributed by atoms with E-state index in [0.29, 0.717) is 0 Å². The highest BCUT2D eigenvalue weighted by Gasteiger charge is 2.34. The Labute approximate surface area is 248 Å². The molecule has 0 radical (unpaired) electrons. The summed E-state index contributed by atoms with van der Waals surface area (Å²) in [5.74, 6) is -0.750. The van der Waals surface area contributed by atoms with Crippen molar-refractivity contribution < 1.29 is 18.0 Å². The summed E-state index contributed by atoms with van der Waals surface area (Å²) in [7, 11) is -4.17. The van der Waals surface area contributed by atoms with Gasteiger partial charge in [0.25, 0.3) is 10.0 Å². The van der Waals surface area contributed by atoms with Gasteiger partial charge in [-0.2, -0.15) is 0 Å². The van der Waals surface area contributed by atoms with E-state index in [9.17, 15) is 18.0 Å². The zero-order chi connectivity index (χ0) is 29.6. The summed E-state index contributed by atoms with van der Waals surface area (Å²) >= 11 is 6.48. The van der Waals surface area contributed by atoms with Gasteiger partial charge in [0.15, 0.2) is 0 Å². The molecule has 1 aliphatic carbocycles. The van der Waals surface area contributed by atoms with Gasteiger partial charge in [-0.1, -0.05) is 85.0 Å². The first-order valence-corrected chi connectivity index (χ1v) is 15.9. The van der Waals surface area contributed by atoms with E-state index in [4.69, 9.17) is 11.6 Å². The molecule has 0 bridgehead atoms. The second kappa shape index (κ2) is 13.5. The minimum absolute atomic E-state index is 0.0457. The summed E-state index contributed by atoms with van der Waals surface area (Å²) in [6.45, 7) is 5.15. The fourth-order valence-corrected chi connectivity index (χ4v) is 6.85. The molecule has 7 nitrogen and oxygen atoms in total. The lowest BCUT2D eigenvalue weighted by Crippen LogP contribution is -2.53. The molecule has 9 heteroatoms. The number of para-hydroxylation sites is 1. The lowest BCUT2D eigenvalue weighted by Gasteiger charge is -2.33. The summed E-state index contributed by atoms with van der Waals surface area (Å²) in [6, 6.07) is 19.9. The Hall–Kier alpha value is -3.36. The van der Waals surface area contributed by atoms with Crippen LogP contribution in [-0.4, -0.2) is 43.8 Å². The summed E-state index contributed by atoms with van der Waals surface area (Å²) in [5.41, 5.74) is 2.95. The number of nitrogens with one attached hydrogen (secondary N) is 1. The number of rotatable bonds is 10. The van der Waals surface area contributed by atoms with Crippen LogP contribution in [0.3, 0.4) is 0 Å². The first kappa shape index (κ1) is 30.6. The van der Waals surface area contributed by atoms with Crippen molar-refractivity contribution in [2.45, 2.75) is 76.4 Å². The van der Waals surface area contributed by atoms with E-state index in [1.807, 2.05) is 38.1 Å². The smallest absolute Gasteiger partial charge is 0.264 e. The molecule has 0 unspecified atom stereocenters. The van der Waals surface area contributed by atoms with Crippen LogP contribution in [0.25, 0.3) is 0 Å². The lowest BCUT2D eigenvalue weighted by molar-refractivity contribution is -0.139. The van der Waals surface area contributed by atoms with Crippen LogP contribution < -0.4 is 9.62 Å². The maximum Gasteiger partial charge on any atom is 0.264 e. The van der Waals surface area contributed by atoms with Gasteiger partial charge >= 0.3 is 0 Å². The van der Waals surface area contributed by atoms with Gasteiger partial charge in [0, 0.05) is 12.6 Å². The normalized spacial score (nSPS) is 14.7. The Balaban J connectivity index is 1.69. The minimum Gasteiger partial charge on any atom is -0.352 e. The molecule has 41 heavy (non-hydrogen) atoms. The third-order valence-electron chi connectivity index (χ3n) is 7.73. The van der Waals surface area contributed by atoms with E-state index in [1.54, 1.807) is 43.3 Å². The Morgan fingerprint density at radius 2 is 1.56 bits per heavy atom. The summed E-state index contributed by atoms with van der Waals surface area (Å²) in [4.78, 5) is 29.1. The Morgan fingerprint density at radius 1 is 0.927 bits per heavy atom. The van der Waals surface area contributed by atoms with Gasteiger partial charge in [-0.15, -0.1) is 0 Å². The summed E-state index contributed by atoms with van der Waals surface area (Å²) in [5, 5.41) is 3.32. The number of hydrogen-bond donors (Lipinski definition) is 1. The van der Waals surface area contributed by atoms with Gasteiger partial charge < -0.3 is 10.2 Å². The zero-order valence-electron chi connectivity index (χ0n) is 23.8. The van der Waals surface area contributed by atoms with E-state index in [-0.39, 0.29) is 34.1 Å². The van der Waals surface area contributed by atoms with Crippen LogP contribution in [0.5, 0.6) is 0 Å². The standard InChI is InChI=1S/C32H38ClN3O4S/c1-23-17-19-28(20-18-23)41(39,40)36(30-16-10-9-15-29(30)33)22-31(37)35(21-26-12-8-7-11-24(26)2)25(3)32(38)34-27-13-5-4-6-14-27/h7-12,15-20,25,27H,4-6,13-14,21-22H2,1-3H3,(H,34,38)/t25-/m1/s1. The van der Waals surface area contributed by atoms with E-state index >= 15 is 0 Å². The topological polar surface area (TPSA) is 86.8 Å². The number of halogens is 1. The van der Waals surface area contributed by atoms with Crippen molar-refractivity contribution in [1.82, 2.24) is 10.2 Å². The maximum atomic E-state index is 14.1. The highest BCUT2D eigenvalue weighted by Crippen LogP contribution is 2.31. The molecule has 3 aromatic carbocycles. The van der Waals surface area contributed by atoms with E-state index in [2.05, 4.69) is 5.32 Å². The van der Waals surface area contributed by atoms with Crippen LogP contribution in [0.15, 0.2) is 77.7 Å². The highest BCUT2D eigenvalue weighted by atomic mass is 35.5. The second-order valence-electron chi connectivity index (χ2n) is 10.7. The molecule has 218 valence electrons. The van der Waals surface area contributed by atoms with E-state index < -0.39 is 28.5 Å². The third-order valence-corrected chi connectivity index (χ3v) is 9.82. The number of anilines is 1. The van der Waals surface area contributed by atoms with Crippen molar-refractivity contribution in [3.05, 3.63) is 94.5 Å². The predicted octanol–water partition coefficient (Wildman–Crippen LogP) is 6.02. The molecule has 2 amide bonds. The molecule has 1 saturated carbocycles. The summed E-state index contributed by atoms with van der Waals surface area (Å²) in [6.07, 6.45) is 5.12. The number of nitrogens with zero attached hydrogens (tertiary/aromatic N) is 2. The monoisotopic (exact) mass is 595 g/mol. The van der Waals surface area contributed by atoms with E-state index in [0.717, 1.165) is 53.1 Å². The predicted molar refractivity (Wildman–Crippen MR) is 163 cm³/mol. The highest BCUT2D eigenvalue weighted by molar-refractivity contribution is 7.92. The Morgan fingerprint density at radius 3 is 2.22 bits per heavy atom. The molecule has 1 aliphatic rings. The number of hydrogen-bond acceptors (Lipinski definition) is 4. The van der Waals surface area contributed by atoms with Gasteiger partial charge in [-0.05, 0) is 69.0 Å². The number of carbonyl (C=O) groups is 2. The van der Waals surface area contributed by atoms with Gasteiger partial charge in [0.2, 0.25) is 11.8 Å². The largest absolute Gasteiger partial charge is 0.352 e. The van der Waals surface area contributed by atoms with Crippen LogP contribution in [0.4, 0.5) is 5.69 Å².